The van der Waals surface area contributed by atoms with Crippen LogP contribution >= 0.6 is 0 Å². The van der Waals surface area contributed by atoms with Crippen LogP contribution in [0.15, 0.2) is 24.3 Å². The maximum atomic E-state index is 12.7. The minimum atomic E-state index is -0.303. The number of hydrogen-bond acceptors (Lipinski definition) is 5. The fourth-order valence-electron chi connectivity index (χ4n) is 3.14. The molecule has 6 heteroatoms. The average molecular weight is 349 g/mol. The highest BCUT2D eigenvalue weighted by Crippen LogP contribution is 2.24. The molecule has 2 rings (SSSR count). The van der Waals surface area contributed by atoms with Crippen molar-refractivity contribution >= 4 is 11.9 Å². The van der Waals surface area contributed by atoms with Gasteiger partial charge < -0.3 is 19.1 Å². The van der Waals surface area contributed by atoms with Gasteiger partial charge in [-0.1, -0.05) is 25.3 Å². The van der Waals surface area contributed by atoms with Crippen LogP contribution < -0.4 is 9.47 Å². The molecule has 138 valence electrons. The molecule has 1 aromatic rings. The Balaban J connectivity index is 1.96. The van der Waals surface area contributed by atoms with Gasteiger partial charge in [0.15, 0.2) is 6.61 Å². The van der Waals surface area contributed by atoms with E-state index in [2.05, 4.69) is 0 Å². The Kier molecular flexibility index (Phi) is 7.57. The van der Waals surface area contributed by atoms with Crippen LogP contribution in [0.4, 0.5) is 0 Å². The van der Waals surface area contributed by atoms with E-state index in [1.165, 1.54) is 13.5 Å². The first-order chi connectivity index (χ1) is 12.1. The quantitative estimate of drug-likeness (QED) is 0.675. The van der Waals surface area contributed by atoms with E-state index in [0.29, 0.717) is 18.0 Å². The van der Waals surface area contributed by atoms with Crippen molar-refractivity contribution in [3.63, 3.8) is 0 Å². The molecule has 0 spiro atoms. The molecule has 1 aromatic carbocycles. The van der Waals surface area contributed by atoms with Crippen molar-refractivity contribution in [2.75, 3.05) is 27.4 Å². The van der Waals surface area contributed by atoms with Crippen molar-refractivity contribution < 1.29 is 23.8 Å². The molecular weight excluding hydrogens is 322 g/mol. The Hall–Kier alpha value is -2.24. The molecule has 0 bridgehead atoms. The monoisotopic (exact) mass is 349 g/mol. The Morgan fingerprint density at radius 3 is 2.52 bits per heavy atom. The van der Waals surface area contributed by atoms with Crippen LogP contribution in [0.25, 0.3) is 0 Å². The minimum absolute atomic E-state index is 0.0508. The smallest absolute Gasteiger partial charge is 0.307 e. The molecule has 0 N–H and O–H groups in total. The van der Waals surface area contributed by atoms with Crippen molar-refractivity contribution in [1.82, 2.24) is 4.90 Å². The fraction of sp³-hybridized carbons (Fsp3) is 0.579. The standard InChI is InChI=1S/C19H27NO5/c1-23-16-9-6-10-17(13-16)25-14-18(21)20(12-11-19(22)24-2)15-7-4-3-5-8-15/h6,9-10,13,15H,3-5,7-8,11-12,14H2,1-2H3. The van der Waals surface area contributed by atoms with Crippen LogP contribution in [-0.4, -0.2) is 50.2 Å². The van der Waals surface area contributed by atoms with E-state index >= 15 is 0 Å². The summed E-state index contributed by atoms with van der Waals surface area (Å²) in [5.74, 6) is 0.866. The molecule has 0 unspecified atom stereocenters. The largest absolute Gasteiger partial charge is 0.497 e. The Bertz CT molecular complexity index is 569. The summed E-state index contributed by atoms with van der Waals surface area (Å²) in [7, 11) is 2.95. The van der Waals surface area contributed by atoms with E-state index in [1.807, 2.05) is 12.1 Å². The summed E-state index contributed by atoms with van der Waals surface area (Å²) >= 11 is 0. The lowest BCUT2D eigenvalue weighted by Gasteiger charge is -2.34. The highest BCUT2D eigenvalue weighted by Gasteiger charge is 2.26. The summed E-state index contributed by atoms with van der Waals surface area (Å²) in [6.45, 7) is 0.322. The number of carbonyl (C=O) groups excluding carboxylic acids is 2. The average Bonchev–Trinajstić information content (AvgIpc) is 2.67. The van der Waals surface area contributed by atoms with Gasteiger partial charge in [-0.3, -0.25) is 9.59 Å². The molecule has 0 aliphatic heterocycles. The van der Waals surface area contributed by atoms with E-state index in [0.717, 1.165) is 25.7 Å². The number of hydrogen-bond donors (Lipinski definition) is 0. The number of esters is 1. The maximum Gasteiger partial charge on any atom is 0.307 e. The van der Waals surface area contributed by atoms with Crippen LogP contribution in [0.1, 0.15) is 38.5 Å². The van der Waals surface area contributed by atoms with Gasteiger partial charge in [-0.25, -0.2) is 0 Å². The van der Waals surface area contributed by atoms with E-state index in [4.69, 9.17) is 14.2 Å². The number of amides is 1. The topological polar surface area (TPSA) is 65.1 Å². The molecule has 0 heterocycles. The number of methoxy groups -OCH3 is 2. The second kappa shape index (κ2) is 9.91. The molecule has 1 saturated carbocycles. The number of benzene rings is 1. The molecule has 0 saturated heterocycles. The minimum Gasteiger partial charge on any atom is -0.497 e. The third-order valence-corrected chi connectivity index (χ3v) is 4.52. The third-order valence-electron chi connectivity index (χ3n) is 4.52. The molecule has 1 fully saturated rings. The zero-order valence-electron chi connectivity index (χ0n) is 15.0. The normalized spacial score (nSPS) is 14.6. The number of rotatable bonds is 8. The summed E-state index contributed by atoms with van der Waals surface area (Å²) in [5.41, 5.74) is 0. The lowest BCUT2D eigenvalue weighted by Crippen LogP contribution is -2.44. The van der Waals surface area contributed by atoms with Crippen LogP contribution in [0.2, 0.25) is 0 Å². The van der Waals surface area contributed by atoms with Crippen molar-refractivity contribution in [2.45, 2.75) is 44.6 Å². The first-order valence-corrected chi connectivity index (χ1v) is 8.77. The van der Waals surface area contributed by atoms with Gasteiger partial charge in [0.1, 0.15) is 11.5 Å². The predicted octanol–water partition coefficient (Wildman–Crippen LogP) is 2.80. The van der Waals surface area contributed by atoms with Gasteiger partial charge in [0.2, 0.25) is 0 Å². The molecule has 0 aromatic heterocycles. The Morgan fingerprint density at radius 1 is 1.12 bits per heavy atom. The van der Waals surface area contributed by atoms with Gasteiger partial charge >= 0.3 is 5.97 Å². The molecule has 1 amide bonds. The number of carbonyl (C=O) groups is 2. The third kappa shape index (κ3) is 5.96. The maximum absolute atomic E-state index is 12.7. The Labute approximate surface area is 149 Å². The Morgan fingerprint density at radius 2 is 1.84 bits per heavy atom. The highest BCUT2D eigenvalue weighted by molar-refractivity contribution is 5.79. The lowest BCUT2D eigenvalue weighted by molar-refractivity contribution is -0.143. The summed E-state index contributed by atoms with van der Waals surface area (Å²) in [6.07, 6.45) is 5.60. The first-order valence-electron chi connectivity index (χ1n) is 8.77. The van der Waals surface area contributed by atoms with Gasteiger partial charge in [0, 0.05) is 18.7 Å². The van der Waals surface area contributed by atoms with E-state index in [1.54, 1.807) is 24.1 Å². The van der Waals surface area contributed by atoms with Gasteiger partial charge in [0.05, 0.1) is 20.6 Å². The predicted molar refractivity (Wildman–Crippen MR) is 93.7 cm³/mol. The molecule has 0 radical (unpaired) electrons. The molecule has 1 aliphatic rings. The van der Waals surface area contributed by atoms with Gasteiger partial charge in [-0.2, -0.15) is 0 Å². The van der Waals surface area contributed by atoms with E-state index in [-0.39, 0.29) is 30.9 Å². The summed E-state index contributed by atoms with van der Waals surface area (Å²) in [4.78, 5) is 25.9. The summed E-state index contributed by atoms with van der Waals surface area (Å²) < 4.78 is 15.5. The first kappa shape index (κ1) is 19.1. The van der Waals surface area contributed by atoms with Crippen molar-refractivity contribution in [3.05, 3.63) is 24.3 Å². The zero-order chi connectivity index (χ0) is 18.1. The fourth-order valence-corrected chi connectivity index (χ4v) is 3.14. The molecular formula is C19H27NO5. The highest BCUT2D eigenvalue weighted by atomic mass is 16.5. The lowest BCUT2D eigenvalue weighted by atomic mass is 9.94. The molecule has 25 heavy (non-hydrogen) atoms. The van der Waals surface area contributed by atoms with Gasteiger partial charge in [-0.15, -0.1) is 0 Å². The molecule has 6 nitrogen and oxygen atoms in total. The molecule has 1 aliphatic carbocycles. The summed E-state index contributed by atoms with van der Waals surface area (Å²) in [6, 6.07) is 7.34. The van der Waals surface area contributed by atoms with Crippen LogP contribution in [0, 0.1) is 0 Å². The van der Waals surface area contributed by atoms with Crippen molar-refractivity contribution in [3.8, 4) is 11.5 Å². The number of ether oxygens (including phenoxy) is 3. The van der Waals surface area contributed by atoms with E-state index in [9.17, 15) is 9.59 Å². The van der Waals surface area contributed by atoms with Crippen molar-refractivity contribution in [2.24, 2.45) is 0 Å². The second-order valence-electron chi connectivity index (χ2n) is 6.17. The summed E-state index contributed by atoms with van der Waals surface area (Å²) in [5, 5.41) is 0. The van der Waals surface area contributed by atoms with Crippen LogP contribution in [0.3, 0.4) is 0 Å². The van der Waals surface area contributed by atoms with Gasteiger partial charge in [-0.05, 0) is 25.0 Å². The van der Waals surface area contributed by atoms with Crippen molar-refractivity contribution in [1.29, 1.82) is 0 Å². The SMILES string of the molecule is COC(=O)CCN(C(=O)COc1cccc(OC)c1)C1CCCCC1. The number of nitrogens with zero attached hydrogens (tertiary/aromatic N) is 1. The van der Waals surface area contributed by atoms with Gasteiger partial charge in [0.25, 0.3) is 5.91 Å². The van der Waals surface area contributed by atoms with E-state index < -0.39 is 0 Å². The zero-order valence-corrected chi connectivity index (χ0v) is 15.0. The van der Waals surface area contributed by atoms with Crippen LogP contribution in [-0.2, 0) is 14.3 Å². The van der Waals surface area contributed by atoms with Crippen LogP contribution in [0.5, 0.6) is 11.5 Å². The second-order valence-corrected chi connectivity index (χ2v) is 6.17. The molecule has 0 atom stereocenters.